The van der Waals surface area contributed by atoms with Gasteiger partial charge in [-0.3, -0.25) is 4.79 Å². The second-order valence-electron chi connectivity index (χ2n) is 5.04. The fourth-order valence-electron chi connectivity index (χ4n) is 2.49. The molecule has 1 aromatic rings. The zero-order valence-corrected chi connectivity index (χ0v) is 12.0. The van der Waals surface area contributed by atoms with Crippen molar-refractivity contribution in [2.24, 2.45) is 5.92 Å². The molecule has 0 aliphatic carbocycles. The first-order valence-corrected chi connectivity index (χ1v) is 6.77. The summed E-state index contributed by atoms with van der Waals surface area (Å²) in [4.78, 5) is 11.3. The summed E-state index contributed by atoms with van der Waals surface area (Å²) in [6.45, 7) is 2.31. The van der Waals surface area contributed by atoms with Crippen LogP contribution in [0.4, 0.5) is 5.69 Å². The van der Waals surface area contributed by atoms with Crippen LogP contribution in [-0.2, 0) is 4.79 Å². The number of hydrogen-bond donors (Lipinski definition) is 2. The minimum Gasteiger partial charge on any atom is -0.482 e. The van der Waals surface area contributed by atoms with E-state index in [4.69, 9.17) is 4.74 Å². The number of benzene rings is 1. The van der Waals surface area contributed by atoms with Gasteiger partial charge in [0.2, 0.25) is 0 Å². The minimum atomic E-state index is -0.0908. The lowest BCUT2D eigenvalue weighted by Crippen LogP contribution is -2.26. The smallest absolute Gasteiger partial charge is 0.262 e. The predicted molar refractivity (Wildman–Crippen MR) is 82.4 cm³/mol. The molecule has 0 aromatic heterocycles. The van der Waals surface area contributed by atoms with Crippen molar-refractivity contribution in [3.63, 3.8) is 0 Å². The Bertz CT molecular complexity index is 511. The van der Waals surface area contributed by atoms with Gasteiger partial charge in [-0.15, -0.1) is 12.4 Å². The fourth-order valence-corrected chi connectivity index (χ4v) is 2.49. The number of fused-ring (bicyclic) bond motifs is 1. The van der Waals surface area contributed by atoms with E-state index in [0.717, 1.165) is 30.1 Å². The topological polar surface area (TPSA) is 50.4 Å². The first kappa shape index (κ1) is 14.9. The van der Waals surface area contributed by atoms with Crippen LogP contribution in [0, 0.1) is 5.92 Å². The molecule has 2 aliphatic heterocycles. The average Bonchev–Trinajstić information content (AvgIpc) is 2.46. The van der Waals surface area contributed by atoms with Crippen molar-refractivity contribution in [1.29, 1.82) is 0 Å². The number of halogens is 1. The number of anilines is 1. The summed E-state index contributed by atoms with van der Waals surface area (Å²) in [6.07, 6.45) is 6.80. The molecule has 1 aromatic carbocycles. The summed E-state index contributed by atoms with van der Waals surface area (Å²) in [5.74, 6) is 1.31. The molecular formula is C15H19ClN2O2. The molecule has 108 valence electrons. The molecular weight excluding hydrogens is 276 g/mol. The zero-order chi connectivity index (χ0) is 13.1. The Labute approximate surface area is 125 Å². The Morgan fingerprint density at radius 3 is 2.85 bits per heavy atom. The van der Waals surface area contributed by atoms with Crippen molar-refractivity contribution >= 4 is 30.1 Å². The van der Waals surface area contributed by atoms with Crippen molar-refractivity contribution < 1.29 is 9.53 Å². The standard InChI is InChI=1S/C15H18N2O2.ClH/c18-15-10-19-14-4-3-12(9-13(14)17-15)2-1-11-5-7-16-8-6-11;/h1-4,9,11,16H,5-8,10H2,(H,17,18);1H. The van der Waals surface area contributed by atoms with Crippen molar-refractivity contribution in [2.75, 3.05) is 25.0 Å². The summed E-state index contributed by atoms with van der Waals surface area (Å²) in [6, 6.07) is 5.90. The molecule has 0 bridgehead atoms. The van der Waals surface area contributed by atoms with Gasteiger partial charge in [0.25, 0.3) is 5.91 Å². The van der Waals surface area contributed by atoms with Crippen LogP contribution < -0.4 is 15.4 Å². The number of rotatable bonds is 2. The van der Waals surface area contributed by atoms with E-state index in [1.54, 1.807) is 0 Å². The van der Waals surface area contributed by atoms with Crippen LogP contribution in [0.15, 0.2) is 24.3 Å². The van der Waals surface area contributed by atoms with Crippen LogP contribution in [-0.4, -0.2) is 25.6 Å². The van der Waals surface area contributed by atoms with Gasteiger partial charge in [0, 0.05) is 0 Å². The Balaban J connectivity index is 0.00000147. The Morgan fingerprint density at radius 1 is 1.25 bits per heavy atom. The Hall–Kier alpha value is -1.52. The van der Waals surface area contributed by atoms with Crippen LogP contribution in [0.5, 0.6) is 5.75 Å². The largest absolute Gasteiger partial charge is 0.482 e. The molecule has 5 heteroatoms. The second-order valence-corrected chi connectivity index (χ2v) is 5.04. The maximum absolute atomic E-state index is 11.3. The molecule has 1 amide bonds. The lowest BCUT2D eigenvalue weighted by atomic mass is 9.97. The average molecular weight is 295 g/mol. The van der Waals surface area contributed by atoms with Crippen LogP contribution in [0.1, 0.15) is 18.4 Å². The molecule has 0 atom stereocenters. The van der Waals surface area contributed by atoms with Gasteiger partial charge in [-0.25, -0.2) is 0 Å². The first-order chi connectivity index (χ1) is 9.31. The molecule has 0 radical (unpaired) electrons. The maximum atomic E-state index is 11.3. The SMILES string of the molecule is Cl.O=C1COc2ccc(C=CC3CCNCC3)cc2N1. The number of piperidine rings is 1. The van der Waals surface area contributed by atoms with E-state index in [-0.39, 0.29) is 24.9 Å². The number of allylic oxidation sites excluding steroid dienone is 1. The summed E-state index contributed by atoms with van der Waals surface area (Å²) >= 11 is 0. The lowest BCUT2D eigenvalue weighted by Gasteiger charge is -2.20. The van der Waals surface area contributed by atoms with Crippen LogP contribution in [0.2, 0.25) is 0 Å². The third kappa shape index (κ3) is 3.52. The quantitative estimate of drug-likeness (QED) is 0.881. The summed E-state index contributed by atoms with van der Waals surface area (Å²) in [5.41, 5.74) is 1.87. The van der Waals surface area contributed by atoms with Gasteiger partial charge in [0.15, 0.2) is 6.61 Å². The van der Waals surface area contributed by atoms with E-state index in [1.807, 2.05) is 18.2 Å². The molecule has 2 aliphatic rings. The first-order valence-electron chi connectivity index (χ1n) is 6.77. The van der Waals surface area contributed by atoms with Crippen LogP contribution >= 0.6 is 12.4 Å². The Morgan fingerprint density at radius 2 is 2.05 bits per heavy atom. The molecule has 1 saturated heterocycles. The van der Waals surface area contributed by atoms with Gasteiger partial charge >= 0.3 is 0 Å². The van der Waals surface area contributed by atoms with Gasteiger partial charge in [0.1, 0.15) is 5.75 Å². The normalized spacial score (nSPS) is 18.9. The number of amides is 1. The van der Waals surface area contributed by atoms with Crippen LogP contribution in [0.25, 0.3) is 6.08 Å². The molecule has 1 fully saturated rings. The highest BCUT2D eigenvalue weighted by atomic mass is 35.5. The third-order valence-electron chi connectivity index (χ3n) is 3.58. The van der Waals surface area contributed by atoms with Gasteiger partial charge in [-0.05, 0) is 49.5 Å². The van der Waals surface area contributed by atoms with E-state index in [9.17, 15) is 4.79 Å². The second kappa shape index (κ2) is 6.77. The molecule has 2 N–H and O–H groups in total. The molecule has 0 saturated carbocycles. The Kier molecular flexibility index (Phi) is 5.04. The van der Waals surface area contributed by atoms with Crippen molar-refractivity contribution in [3.05, 3.63) is 29.8 Å². The number of carbonyl (C=O) groups is 1. The van der Waals surface area contributed by atoms with Crippen molar-refractivity contribution in [2.45, 2.75) is 12.8 Å². The molecule has 4 nitrogen and oxygen atoms in total. The minimum absolute atomic E-state index is 0. The van der Waals surface area contributed by atoms with Crippen molar-refractivity contribution in [1.82, 2.24) is 5.32 Å². The number of carbonyl (C=O) groups excluding carboxylic acids is 1. The highest BCUT2D eigenvalue weighted by Gasteiger charge is 2.15. The third-order valence-corrected chi connectivity index (χ3v) is 3.58. The van der Waals surface area contributed by atoms with E-state index in [1.165, 1.54) is 12.8 Å². The fraction of sp³-hybridized carbons (Fsp3) is 0.400. The predicted octanol–water partition coefficient (Wildman–Crippen LogP) is 2.45. The van der Waals surface area contributed by atoms with E-state index >= 15 is 0 Å². The highest BCUT2D eigenvalue weighted by Crippen LogP contribution is 2.29. The summed E-state index contributed by atoms with van der Waals surface area (Å²) in [5, 5.41) is 6.19. The molecule has 3 rings (SSSR count). The summed E-state index contributed by atoms with van der Waals surface area (Å²) < 4.78 is 5.34. The molecule has 0 unspecified atom stereocenters. The van der Waals surface area contributed by atoms with Gasteiger partial charge < -0.3 is 15.4 Å². The van der Waals surface area contributed by atoms with Crippen molar-refractivity contribution in [3.8, 4) is 5.75 Å². The molecule has 20 heavy (non-hydrogen) atoms. The monoisotopic (exact) mass is 294 g/mol. The van der Waals surface area contributed by atoms with E-state index in [2.05, 4.69) is 22.8 Å². The molecule has 0 spiro atoms. The zero-order valence-electron chi connectivity index (χ0n) is 11.2. The molecule has 2 heterocycles. The van der Waals surface area contributed by atoms with Crippen LogP contribution in [0.3, 0.4) is 0 Å². The summed E-state index contributed by atoms with van der Waals surface area (Å²) in [7, 11) is 0. The number of ether oxygens (including phenoxy) is 1. The number of nitrogens with one attached hydrogen (secondary N) is 2. The lowest BCUT2D eigenvalue weighted by molar-refractivity contribution is -0.118. The van der Waals surface area contributed by atoms with Gasteiger partial charge in [-0.1, -0.05) is 18.2 Å². The highest BCUT2D eigenvalue weighted by molar-refractivity contribution is 5.95. The van der Waals surface area contributed by atoms with Gasteiger partial charge in [-0.2, -0.15) is 0 Å². The maximum Gasteiger partial charge on any atom is 0.262 e. The van der Waals surface area contributed by atoms with E-state index in [0.29, 0.717) is 5.92 Å². The van der Waals surface area contributed by atoms with E-state index < -0.39 is 0 Å². The number of hydrogen-bond acceptors (Lipinski definition) is 3. The van der Waals surface area contributed by atoms with Gasteiger partial charge in [0.05, 0.1) is 5.69 Å².